The van der Waals surface area contributed by atoms with Crippen LogP contribution in [-0.4, -0.2) is 14.2 Å². The summed E-state index contributed by atoms with van der Waals surface area (Å²) < 4.78 is 50.6. The van der Waals surface area contributed by atoms with Gasteiger partial charge in [0.05, 0.1) is 14.2 Å². The molecule has 21 heavy (non-hydrogen) atoms. The van der Waals surface area contributed by atoms with E-state index in [-0.39, 0.29) is 12.1 Å². The van der Waals surface area contributed by atoms with Gasteiger partial charge in [0.1, 0.15) is 0 Å². The van der Waals surface area contributed by atoms with Gasteiger partial charge in [-0.1, -0.05) is 0 Å². The lowest BCUT2D eigenvalue weighted by Crippen LogP contribution is -2.03. The van der Waals surface area contributed by atoms with Crippen LogP contribution in [0.3, 0.4) is 0 Å². The second-order valence-electron chi connectivity index (χ2n) is 4.30. The summed E-state index contributed by atoms with van der Waals surface area (Å²) in [6.07, 6.45) is 0. The molecule has 0 aliphatic rings. The van der Waals surface area contributed by atoms with E-state index < -0.39 is 17.5 Å². The minimum atomic E-state index is -1.52. The fourth-order valence-electron chi connectivity index (χ4n) is 2.10. The smallest absolute Gasteiger partial charge is 0.195 e. The van der Waals surface area contributed by atoms with Crippen LogP contribution in [0.25, 0.3) is 11.1 Å². The Labute approximate surface area is 120 Å². The molecule has 0 saturated carbocycles. The van der Waals surface area contributed by atoms with E-state index >= 15 is 0 Å². The molecule has 0 atom stereocenters. The largest absolute Gasteiger partial charge is 0.493 e. The summed E-state index contributed by atoms with van der Waals surface area (Å²) in [5.74, 6) is -3.26. The highest BCUT2D eigenvalue weighted by Crippen LogP contribution is 2.37. The molecule has 0 aliphatic carbocycles. The molecule has 0 radical (unpaired) electrons. The summed E-state index contributed by atoms with van der Waals surface area (Å²) in [7, 11) is 2.87. The van der Waals surface area contributed by atoms with E-state index in [0.29, 0.717) is 22.6 Å². The Morgan fingerprint density at radius 3 is 2.29 bits per heavy atom. The molecule has 2 aromatic carbocycles. The third-order valence-electron chi connectivity index (χ3n) is 3.12. The summed E-state index contributed by atoms with van der Waals surface area (Å²) in [6, 6.07) is 5.06. The van der Waals surface area contributed by atoms with Gasteiger partial charge in [0.15, 0.2) is 29.0 Å². The molecule has 2 N–H and O–H groups in total. The molecule has 6 heteroatoms. The van der Waals surface area contributed by atoms with Gasteiger partial charge in [-0.15, -0.1) is 0 Å². The number of rotatable bonds is 4. The van der Waals surface area contributed by atoms with E-state index in [1.807, 2.05) is 0 Å². The molecule has 0 spiro atoms. The van der Waals surface area contributed by atoms with Crippen LogP contribution in [0, 0.1) is 17.5 Å². The molecular weight excluding hydrogens is 283 g/mol. The zero-order valence-corrected chi connectivity index (χ0v) is 11.5. The average Bonchev–Trinajstić information content (AvgIpc) is 2.51. The maximum absolute atomic E-state index is 13.9. The quantitative estimate of drug-likeness (QED) is 0.881. The summed E-state index contributed by atoms with van der Waals surface area (Å²) in [6.45, 7) is 0.124. The van der Waals surface area contributed by atoms with Crippen molar-refractivity contribution in [3.8, 4) is 22.6 Å². The highest BCUT2D eigenvalue weighted by molar-refractivity contribution is 5.70. The van der Waals surface area contributed by atoms with Crippen LogP contribution in [0.4, 0.5) is 13.2 Å². The van der Waals surface area contributed by atoms with Crippen molar-refractivity contribution in [1.82, 2.24) is 0 Å². The molecule has 2 rings (SSSR count). The second-order valence-corrected chi connectivity index (χ2v) is 4.30. The predicted octanol–water partition coefficient (Wildman–Crippen LogP) is 3.25. The lowest BCUT2D eigenvalue weighted by Gasteiger charge is -2.15. The maximum Gasteiger partial charge on any atom is 0.195 e. The molecular formula is C15H14F3NO2. The van der Waals surface area contributed by atoms with Crippen molar-refractivity contribution in [2.24, 2.45) is 5.73 Å². The van der Waals surface area contributed by atoms with E-state index in [0.717, 1.165) is 12.1 Å². The predicted molar refractivity (Wildman–Crippen MR) is 72.7 cm³/mol. The number of hydrogen-bond donors (Lipinski definition) is 1. The van der Waals surface area contributed by atoms with Gasteiger partial charge in [-0.2, -0.15) is 0 Å². The van der Waals surface area contributed by atoms with Crippen molar-refractivity contribution >= 4 is 0 Å². The van der Waals surface area contributed by atoms with E-state index in [2.05, 4.69) is 0 Å². The van der Waals surface area contributed by atoms with Crippen molar-refractivity contribution in [1.29, 1.82) is 0 Å². The number of methoxy groups -OCH3 is 2. The van der Waals surface area contributed by atoms with Gasteiger partial charge in [-0.3, -0.25) is 0 Å². The zero-order chi connectivity index (χ0) is 15.6. The average molecular weight is 297 g/mol. The highest BCUT2D eigenvalue weighted by atomic mass is 19.2. The normalized spacial score (nSPS) is 10.6. The Kier molecular flexibility index (Phi) is 4.37. The number of ether oxygens (including phenoxy) is 2. The third-order valence-corrected chi connectivity index (χ3v) is 3.12. The molecule has 0 unspecified atom stereocenters. The van der Waals surface area contributed by atoms with E-state index in [4.69, 9.17) is 15.2 Å². The molecule has 0 bridgehead atoms. The molecule has 0 fully saturated rings. The van der Waals surface area contributed by atoms with Crippen LogP contribution in [-0.2, 0) is 6.54 Å². The summed E-state index contributed by atoms with van der Waals surface area (Å²) >= 11 is 0. The second kappa shape index (κ2) is 6.05. The fraction of sp³-hybridized carbons (Fsp3) is 0.200. The van der Waals surface area contributed by atoms with Crippen LogP contribution in [0.2, 0.25) is 0 Å². The van der Waals surface area contributed by atoms with Crippen molar-refractivity contribution in [2.75, 3.05) is 14.2 Å². The summed E-state index contributed by atoms with van der Waals surface area (Å²) in [5, 5.41) is 0. The Bertz CT molecular complexity index is 649. The van der Waals surface area contributed by atoms with E-state index in [9.17, 15) is 13.2 Å². The van der Waals surface area contributed by atoms with Crippen LogP contribution in [0.15, 0.2) is 24.3 Å². The van der Waals surface area contributed by atoms with Crippen molar-refractivity contribution in [3.63, 3.8) is 0 Å². The minimum Gasteiger partial charge on any atom is -0.493 e. The first-order valence-electron chi connectivity index (χ1n) is 6.12. The van der Waals surface area contributed by atoms with Crippen molar-refractivity contribution < 1.29 is 22.6 Å². The molecule has 0 aliphatic heterocycles. The molecule has 2 aromatic rings. The topological polar surface area (TPSA) is 44.5 Å². The standard InChI is InChI=1S/C15H14F3NO2/c1-20-12-6-8(5-9(7-19)15(12)21-2)10-3-4-11(16)14(18)13(10)17/h3-6H,7,19H2,1-2H3. The number of halogens is 3. The lowest BCUT2D eigenvalue weighted by molar-refractivity contribution is 0.352. The Hall–Kier alpha value is -2.21. The first-order chi connectivity index (χ1) is 10.0. The highest BCUT2D eigenvalue weighted by Gasteiger charge is 2.18. The third kappa shape index (κ3) is 2.67. The summed E-state index contributed by atoms with van der Waals surface area (Å²) in [5.41, 5.74) is 6.44. The van der Waals surface area contributed by atoms with Crippen molar-refractivity contribution in [3.05, 3.63) is 47.3 Å². The molecule has 0 heterocycles. The molecule has 0 aromatic heterocycles. The van der Waals surface area contributed by atoms with E-state index in [1.54, 1.807) is 6.07 Å². The molecule has 3 nitrogen and oxygen atoms in total. The fourth-order valence-corrected chi connectivity index (χ4v) is 2.10. The van der Waals surface area contributed by atoms with Gasteiger partial charge in [0.2, 0.25) is 0 Å². The lowest BCUT2D eigenvalue weighted by atomic mass is 10.0. The van der Waals surface area contributed by atoms with Gasteiger partial charge in [-0.05, 0) is 29.8 Å². The van der Waals surface area contributed by atoms with E-state index in [1.165, 1.54) is 20.3 Å². The van der Waals surface area contributed by atoms with Gasteiger partial charge in [0.25, 0.3) is 0 Å². The Morgan fingerprint density at radius 1 is 1.00 bits per heavy atom. The number of hydrogen-bond acceptors (Lipinski definition) is 3. The first kappa shape index (κ1) is 15.2. The van der Waals surface area contributed by atoms with Crippen LogP contribution in [0.1, 0.15) is 5.56 Å². The Balaban J connectivity index is 2.67. The van der Waals surface area contributed by atoms with Crippen LogP contribution < -0.4 is 15.2 Å². The molecule has 0 saturated heterocycles. The SMILES string of the molecule is COc1cc(-c2ccc(F)c(F)c2F)cc(CN)c1OC. The maximum atomic E-state index is 13.9. The van der Waals surface area contributed by atoms with Gasteiger partial charge in [0, 0.05) is 17.7 Å². The molecule has 112 valence electrons. The molecule has 0 amide bonds. The Morgan fingerprint density at radius 2 is 1.71 bits per heavy atom. The van der Waals surface area contributed by atoms with Crippen molar-refractivity contribution in [2.45, 2.75) is 6.54 Å². The first-order valence-corrected chi connectivity index (χ1v) is 6.12. The monoisotopic (exact) mass is 297 g/mol. The van der Waals surface area contributed by atoms with Crippen LogP contribution >= 0.6 is 0 Å². The minimum absolute atomic E-state index is 0.0791. The zero-order valence-electron chi connectivity index (χ0n) is 11.5. The van der Waals surface area contributed by atoms with Crippen LogP contribution in [0.5, 0.6) is 11.5 Å². The number of nitrogens with two attached hydrogens (primary N) is 1. The van der Waals surface area contributed by atoms with Gasteiger partial charge < -0.3 is 15.2 Å². The van der Waals surface area contributed by atoms with Gasteiger partial charge >= 0.3 is 0 Å². The summed E-state index contributed by atoms with van der Waals surface area (Å²) in [4.78, 5) is 0. The van der Waals surface area contributed by atoms with Gasteiger partial charge in [-0.25, -0.2) is 13.2 Å². The number of benzene rings is 2.